The average Bonchev–Trinajstić information content (AvgIpc) is 3.23. The summed E-state index contributed by atoms with van der Waals surface area (Å²) >= 11 is 0. The van der Waals surface area contributed by atoms with Crippen LogP contribution in [0.1, 0.15) is 51.9 Å². The van der Waals surface area contributed by atoms with Crippen LogP contribution in [-0.4, -0.2) is 85.5 Å². The second kappa shape index (κ2) is 9.43. The van der Waals surface area contributed by atoms with E-state index in [1.165, 1.54) is 0 Å². The van der Waals surface area contributed by atoms with Crippen LogP contribution in [0.4, 0.5) is 4.79 Å². The van der Waals surface area contributed by atoms with E-state index in [1.807, 2.05) is 16.7 Å². The smallest absolute Gasteiger partial charge is 0.319 e. The minimum Gasteiger partial charge on any atom is -0.353 e. The van der Waals surface area contributed by atoms with Gasteiger partial charge in [0.05, 0.1) is 5.75 Å². The van der Waals surface area contributed by atoms with Gasteiger partial charge in [-0.25, -0.2) is 17.5 Å². The molecule has 0 aromatic carbocycles. The number of carbonyl (C=O) groups is 2. The molecule has 160 valence electrons. The summed E-state index contributed by atoms with van der Waals surface area (Å²) in [6.45, 7) is 5.82. The molecule has 0 aromatic rings. The molecule has 3 amide bonds. The van der Waals surface area contributed by atoms with Crippen molar-refractivity contribution in [2.45, 2.75) is 57.9 Å². The van der Waals surface area contributed by atoms with Gasteiger partial charge in [0.15, 0.2) is 0 Å². The number of urea groups is 1. The number of hydrogen-bond donors (Lipinski definition) is 1. The molecule has 0 aliphatic carbocycles. The SMILES string of the molecule is CCCS(=O)(=O)N1CCC(NC(=O)C2CCN(C(=O)N3CCCC3)CC2)CC1. The highest BCUT2D eigenvalue weighted by Gasteiger charge is 2.33. The quantitative estimate of drug-likeness (QED) is 0.733. The first kappa shape index (κ1) is 21.4. The second-order valence-corrected chi connectivity index (χ2v) is 10.3. The normalized spacial score (nSPS) is 23.2. The fourth-order valence-electron chi connectivity index (χ4n) is 4.43. The Balaban J connectivity index is 1.40. The van der Waals surface area contributed by atoms with Crippen LogP contribution < -0.4 is 5.32 Å². The van der Waals surface area contributed by atoms with E-state index >= 15 is 0 Å². The van der Waals surface area contributed by atoms with Crippen LogP contribution in [0, 0.1) is 5.92 Å². The molecule has 3 rings (SSSR count). The lowest BCUT2D eigenvalue weighted by Gasteiger charge is -2.35. The Morgan fingerprint density at radius 2 is 1.46 bits per heavy atom. The van der Waals surface area contributed by atoms with E-state index in [2.05, 4.69) is 5.32 Å². The summed E-state index contributed by atoms with van der Waals surface area (Å²) in [6.07, 6.45) is 5.54. The number of carbonyl (C=O) groups excluding carboxylic acids is 2. The van der Waals surface area contributed by atoms with Gasteiger partial charge in [0, 0.05) is 51.2 Å². The fraction of sp³-hybridized carbons (Fsp3) is 0.895. The van der Waals surface area contributed by atoms with E-state index in [-0.39, 0.29) is 29.7 Å². The molecule has 3 heterocycles. The lowest BCUT2D eigenvalue weighted by molar-refractivity contribution is -0.127. The van der Waals surface area contributed by atoms with Crippen molar-refractivity contribution >= 4 is 22.0 Å². The third kappa shape index (κ3) is 5.17. The van der Waals surface area contributed by atoms with Gasteiger partial charge >= 0.3 is 6.03 Å². The molecule has 3 saturated heterocycles. The molecule has 1 N–H and O–H groups in total. The van der Waals surface area contributed by atoms with E-state index in [9.17, 15) is 18.0 Å². The number of piperidine rings is 2. The van der Waals surface area contributed by atoms with Gasteiger partial charge in [0.2, 0.25) is 15.9 Å². The minimum absolute atomic E-state index is 0.0461. The van der Waals surface area contributed by atoms with E-state index in [0.29, 0.717) is 58.3 Å². The van der Waals surface area contributed by atoms with Crippen molar-refractivity contribution < 1.29 is 18.0 Å². The maximum Gasteiger partial charge on any atom is 0.319 e. The highest BCUT2D eigenvalue weighted by Crippen LogP contribution is 2.22. The van der Waals surface area contributed by atoms with Gasteiger partial charge in [-0.15, -0.1) is 0 Å². The van der Waals surface area contributed by atoms with Crippen LogP contribution in [0.2, 0.25) is 0 Å². The summed E-state index contributed by atoms with van der Waals surface area (Å²) in [5.41, 5.74) is 0. The Morgan fingerprint density at radius 1 is 0.893 bits per heavy atom. The molecule has 0 radical (unpaired) electrons. The van der Waals surface area contributed by atoms with E-state index < -0.39 is 10.0 Å². The van der Waals surface area contributed by atoms with Crippen molar-refractivity contribution in [3.8, 4) is 0 Å². The minimum atomic E-state index is -3.15. The Kier molecular flexibility index (Phi) is 7.20. The highest BCUT2D eigenvalue weighted by molar-refractivity contribution is 7.89. The summed E-state index contributed by atoms with van der Waals surface area (Å²) < 4.78 is 25.8. The van der Waals surface area contributed by atoms with Crippen molar-refractivity contribution in [1.82, 2.24) is 19.4 Å². The molecular weight excluding hydrogens is 380 g/mol. The van der Waals surface area contributed by atoms with Crippen molar-refractivity contribution in [3.05, 3.63) is 0 Å². The summed E-state index contributed by atoms with van der Waals surface area (Å²) in [6, 6.07) is 0.168. The van der Waals surface area contributed by atoms with Gasteiger partial charge in [0.25, 0.3) is 0 Å². The molecule has 28 heavy (non-hydrogen) atoms. The lowest BCUT2D eigenvalue weighted by atomic mass is 9.95. The molecule has 0 saturated carbocycles. The summed E-state index contributed by atoms with van der Waals surface area (Å²) in [7, 11) is -3.15. The van der Waals surface area contributed by atoms with Gasteiger partial charge < -0.3 is 15.1 Å². The molecule has 3 fully saturated rings. The Bertz CT molecular complexity index is 647. The first-order chi connectivity index (χ1) is 13.4. The molecule has 3 aliphatic heterocycles. The van der Waals surface area contributed by atoms with Crippen LogP contribution >= 0.6 is 0 Å². The zero-order chi connectivity index (χ0) is 20.1. The molecule has 0 bridgehead atoms. The second-order valence-electron chi connectivity index (χ2n) is 8.24. The standard InChI is InChI=1S/C19H34N4O4S/c1-2-15-28(26,27)23-13-7-17(8-14-23)20-18(24)16-5-11-22(12-6-16)19(25)21-9-3-4-10-21/h16-17H,2-15H2,1H3,(H,20,24). The third-order valence-corrected chi connectivity index (χ3v) is 8.24. The molecule has 9 heteroatoms. The number of rotatable bonds is 5. The number of nitrogens with zero attached hydrogens (tertiary/aromatic N) is 3. The van der Waals surface area contributed by atoms with Gasteiger partial charge in [-0.3, -0.25) is 4.79 Å². The monoisotopic (exact) mass is 414 g/mol. The van der Waals surface area contributed by atoms with Crippen molar-refractivity contribution in [2.24, 2.45) is 5.92 Å². The molecular formula is C19H34N4O4S. The average molecular weight is 415 g/mol. The first-order valence-electron chi connectivity index (χ1n) is 10.7. The number of sulfonamides is 1. The van der Waals surface area contributed by atoms with Crippen LogP contribution in [0.5, 0.6) is 0 Å². The van der Waals surface area contributed by atoms with Gasteiger partial charge in [-0.1, -0.05) is 6.92 Å². The van der Waals surface area contributed by atoms with Crippen molar-refractivity contribution in [1.29, 1.82) is 0 Å². The van der Waals surface area contributed by atoms with Gasteiger partial charge in [-0.05, 0) is 44.9 Å². The Labute approximate surface area is 168 Å². The first-order valence-corrected chi connectivity index (χ1v) is 12.3. The topological polar surface area (TPSA) is 90.0 Å². The van der Waals surface area contributed by atoms with Gasteiger partial charge in [0.1, 0.15) is 0 Å². The summed E-state index contributed by atoms with van der Waals surface area (Å²) in [4.78, 5) is 28.9. The zero-order valence-electron chi connectivity index (χ0n) is 16.9. The number of amides is 3. The summed E-state index contributed by atoms with van der Waals surface area (Å²) in [5.74, 6) is 0.200. The predicted molar refractivity (Wildman–Crippen MR) is 107 cm³/mol. The lowest BCUT2D eigenvalue weighted by Crippen LogP contribution is -2.51. The summed E-state index contributed by atoms with van der Waals surface area (Å²) in [5, 5.41) is 3.12. The van der Waals surface area contributed by atoms with Crippen LogP contribution in [0.15, 0.2) is 0 Å². The molecule has 8 nitrogen and oxygen atoms in total. The maximum atomic E-state index is 12.6. The molecule has 0 spiro atoms. The Morgan fingerprint density at radius 3 is 2.04 bits per heavy atom. The fourth-order valence-corrected chi connectivity index (χ4v) is 5.97. The van der Waals surface area contributed by atoms with E-state index in [1.54, 1.807) is 4.31 Å². The molecule has 0 atom stereocenters. The van der Waals surface area contributed by atoms with Gasteiger partial charge in [-0.2, -0.15) is 0 Å². The Hall–Kier alpha value is -1.35. The van der Waals surface area contributed by atoms with Crippen LogP contribution in [0.3, 0.4) is 0 Å². The number of nitrogens with one attached hydrogen (secondary N) is 1. The maximum absolute atomic E-state index is 12.6. The van der Waals surface area contributed by atoms with Crippen LogP contribution in [-0.2, 0) is 14.8 Å². The van der Waals surface area contributed by atoms with E-state index in [0.717, 1.165) is 25.9 Å². The van der Waals surface area contributed by atoms with Crippen molar-refractivity contribution in [3.63, 3.8) is 0 Å². The van der Waals surface area contributed by atoms with Crippen LogP contribution in [0.25, 0.3) is 0 Å². The molecule has 0 unspecified atom stereocenters. The molecule has 0 aromatic heterocycles. The van der Waals surface area contributed by atoms with Crippen molar-refractivity contribution in [2.75, 3.05) is 45.0 Å². The predicted octanol–water partition coefficient (Wildman–Crippen LogP) is 1.23. The number of likely N-dealkylation sites (tertiary alicyclic amines) is 2. The largest absolute Gasteiger partial charge is 0.353 e. The zero-order valence-corrected chi connectivity index (χ0v) is 17.8. The third-order valence-electron chi connectivity index (χ3n) is 6.17. The number of hydrogen-bond acceptors (Lipinski definition) is 4. The van der Waals surface area contributed by atoms with E-state index in [4.69, 9.17) is 0 Å². The highest BCUT2D eigenvalue weighted by atomic mass is 32.2. The molecule has 3 aliphatic rings.